The number of carbonyl (C=O) groups excluding carboxylic acids is 2. The van der Waals surface area contributed by atoms with Crippen molar-refractivity contribution in [1.82, 2.24) is 5.32 Å². The van der Waals surface area contributed by atoms with E-state index in [9.17, 15) is 14.0 Å². The Bertz CT molecular complexity index is 436. The zero-order chi connectivity index (χ0) is 13.7. The molecule has 1 N–H and O–H groups in total. The molecule has 1 unspecified atom stereocenters. The number of hydrogen-bond acceptors (Lipinski definition) is 3. The minimum absolute atomic E-state index is 0.198. The molecule has 0 saturated carbocycles. The summed E-state index contributed by atoms with van der Waals surface area (Å²) < 4.78 is 12.8. The monoisotopic (exact) mass is 270 g/mol. The number of rotatable bonds is 4. The van der Waals surface area contributed by atoms with Crippen LogP contribution >= 0.6 is 12.6 Å². The van der Waals surface area contributed by atoms with Crippen LogP contribution in [0.15, 0.2) is 24.3 Å². The lowest BCUT2D eigenvalue weighted by Gasteiger charge is -2.23. The average molecular weight is 270 g/mol. The first-order valence-electron chi connectivity index (χ1n) is 5.36. The lowest BCUT2D eigenvalue weighted by molar-refractivity contribution is -0.125. The van der Waals surface area contributed by atoms with Gasteiger partial charge in [0.15, 0.2) is 0 Å². The van der Waals surface area contributed by atoms with E-state index in [1.165, 1.54) is 36.1 Å². The Labute approximate surface area is 111 Å². The van der Waals surface area contributed by atoms with Gasteiger partial charge in [0.25, 0.3) is 0 Å². The van der Waals surface area contributed by atoms with Gasteiger partial charge in [0, 0.05) is 25.4 Å². The van der Waals surface area contributed by atoms with Crippen molar-refractivity contribution in [3.05, 3.63) is 30.1 Å². The summed E-state index contributed by atoms with van der Waals surface area (Å²) in [5.74, 6) is -0.766. The summed E-state index contributed by atoms with van der Waals surface area (Å²) in [6.07, 6.45) is 0. The molecule has 0 aliphatic rings. The molecule has 6 heteroatoms. The first-order chi connectivity index (χ1) is 8.45. The molecule has 0 fully saturated rings. The zero-order valence-electron chi connectivity index (χ0n) is 10.2. The Morgan fingerprint density at radius 1 is 1.39 bits per heavy atom. The van der Waals surface area contributed by atoms with Crippen LogP contribution in [-0.2, 0) is 9.59 Å². The van der Waals surface area contributed by atoms with E-state index < -0.39 is 6.04 Å². The molecule has 0 spiro atoms. The molecule has 0 saturated heterocycles. The highest BCUT2D eigenvalue weighted by Gasteiger charge is 2.22. The van der Waals surface area contributed by atoms with Gasteiger partial charge < -0.3 is 10.2 Å². The average Bonchev–Trinajstić information content (AvgIpc) is 2.35. The van der Waals surface area contributed by atoms with Crippen molar-refractivity contribution in [2.75, 3.05) is 17.7 Å². The minimum atomic E-state index is -0.694. The van der Waals surface area contributed by atoms with Crippen LogP contribution in [0.2, 0.25) is 0 Å². The van der Waals surface area contributed by atoms with Crippen molar-refractivity contribution in [2.45, 2.75) is 13.0 Å². The third kappa shape index (κ3) is 3.73. The van der Waals surface area contributed by atoms with Crippen molar-refractivity contribution in [3.8, 4) is 0 Å². The molecule has 0 aliphatic heterocycles. The van der Waals surface area contributed by atoms with Gasteiger partial charge in [-0.25, -0.2) is 4.39 Å². The predicted molar refractivity (Wildman–Crippen MR) is 71.3 cm³/mol. The third-order valence-electron chi connectivity index (χ3n) is 2.40. The van der Waals surface area contributed by atoms with Gasteiger partial charge in [0.2, 0.25) is 11.8 Å². The largest absolute Gasteiger partial charge is 0.344 e. The number of hydrogen-bond donors (Lipinski definition) is 2. The predicted octanol–water partition coefficient (Wildman–Crippen LogP) is 1.22. The van der Waals surface area contributed by atoms with E-state index in [1.807, 2.05) is 0 Å². The molecule has 1 aromatic rings. The van der Waals surface area contributed by atoms with Gasteiger partial charge in [-0.05, 0) is 24.3 Å². The maximum Gasteiger partial charge on any atom is 0.250 e. The summed E-state index contributed by atoms with van der Waals surface area (Å²) in [4.78, 5) is 24.4. The maximum absolute atomic E-state index is 12.8. The van der Waals surface area contributed by atoms with E-state index >= 15 is 0 Å². The van der Waals surface area contributed by atoms with Gasteiger partial charge in [-0.15, -0.1) is 0 Å². The fourth-order valence-electron chi connectivity index (χ4n) is 1.46. The Morgan fingerprint density at radius 2 is 1.94 bits per heavy atom. The zero-order valence-corrected chi connectivity index (χ0v) is 11.1. The number of likely N-dealkylation sites (N-methyl/N-ethyl adjacent to an activating group) is 1. The number of anilines is 1. The van der Waals surface area contributed by atoms with Crippen LogP contribution in [0.5, 0.6) is 0 Å². The van der Waals surface area contributed by atoms with Crippen molar-refractivity contribution in [1.29, 1.82) is 0 Å². The molecule has 1 rings (SSSR count). The van der Waals surface area contributed by atoms with Gasteiger partial charge in [0.05, 0.1) is 0 Å². The van der Waals surface area contributed by atoms with E-state index in [2.05, 4.69) is 17.9 Å². The van der Waals surface area contributed by atoms with Gasteiger partial charge in [-0.3, -0.25) is 9.59 Å². The van der Waals surface area contributed by atoms with Gasteiger partial charge in [-0.1, -0.05) is 0 Å². The van der Waals surface area contributed by atoms with Gasteiger partial charge in [-0.2, -0.15) is 12.6 Å². The lowest BCUT2D eigenvalue weighted by atomic mass is 10.2. The van der Waals surface area contributed by atoms with Crippen LogP contribution in [0.3, 0.4) is 0 Å². The molecule has 98 valence electrons. The molecule has 18 heavy (non-hydrogen) atoms. The number of benzene rings is 1. The number of thiol groups is 1. The first kappa shape index (κ1) is 14.5. The van der Waals surface area contributed by atoms with E-state index in [1.54, 1.807) is 7.05 Å². The lowest BCUT2D eigenvalue weighted by Crippen LogP contribution is -2.48. The minimum Gasteiger partial charge on any atom is -0.344 e. The van der Waals surface area contributed by atoms with Crippen LogP contribution in [0, 0.1) is 5.82 Å². The van der Waals surface area contributed by atoms with E-state index in [-0.39, 0.29) is 23.4 Å². The number of halogens is 1. The van der Waals surface area contributed by atoms with Crippen molar-refractivity contribution >= 4 is 30.1 Å². The molecule has 1 aromatic carbocycles. The molecule has 0 aliphatic carbocycles. The quantitative estimate of drug-likeness (QED) is 0.808. The summed E-state index contributed by atoms with van der Waals surface area (Å²) in [5, 5.41) is 2.51. The topological polar surface area (TPSA) is 49.4 Å². The summed E-state index contributed by atoms with van der Waals surface area (Å²) in [6, 6.07) is 4.84. The molecule has 0 radical (unpaired) electrons. The summed E-state index contributed by atoms with van der Waals surface area (Å²) >= 11 is 4.03. The molecule has 2 amide bonds. The molecule has 0 bridgehead atoms. The number of carbonyl (C=O) groups is 2. The summed E-state index contributed by atoms with van der Waals surface area (Å²) in [6.45, 7) is 1.33. The van der Waals surface area contributed by atoms with E-state index in [0.29, 0.717) is 5.69 Å². The normalized spacial score (nSPS) is 11.8. The Kier molecular flexibility index (Phi) is 5.15. The molecular weight excluding hydrogens is 255 g/mol. The van der Waals surface area contributed by atoms with Crippen LogP contribution in [0.1, 0.15) is 6.92 Å². The standard InChI is InChI=1S/C12H15FN2O2S/c1-8(16)14-11(7-18)12(17)15(2)10-5-3-9(13)4-6-10/h3-6,11,18H,7H2,1-2H3,(H,14,16). The van der Waals surface area contributed by atoms with Crippen molar-refractivity contribution < 1.29 is 14.0 Å². The second-order valence-corrected chi connectivity index (χ2v) is 4.17. The highest BCUT2D eigenvalue weighted by atomic mass is 32.1. The summed E-state index contributed by atoms with van der Waals surface area (Å²) in [5.41, 5.74) is 0.554. The van der Waals surface area contributed by atoms with Crippen LogP contribution in [-0.4, -0.2) is 30.7 Å². The molecule has 0 aromatic heterocycles. The second kappa shape index (κ2) is 6.39. The highest BCUT2D eigenvalue weighted by molar-refractivity contribution is 7.80. The first-order valence-corrected chi connectivity index (χ1v) is 6.00. The number of amides is 2. The molecule has 1 atom stereocenters. The van der Waals surface area contributed by atoms with Gasteiger partial charge >= 0.3 is 0 Å². The van der Waals surface area contributed by atoms with Crippen LogP contribution in [0.4, 0.5) is 10.1 Å². The fourth-order valence-corrected chi connectivity index (χ4v) is 1.70. The number of nitrogens with one attached hydrogen (secondary N) is 1. The highest BCUT2D eigenvalue weighted by Crippen LogP contribution is 2.14. The molecular formula is C12H15FN2O2S. The summed E-state index contributed by atoms with van der Waals surface area (Å²) in [7, 11) is 1.56. The Balaban J connectivity index is 2.81. The van der Waals surface area contributed by atoms with E-state index in [0.717, 1.165) is 0 Å². The van der Waals surface area contributed by atoms with Crippen molar-refractivity contribution in [3.63, 3.8) is 0 Å². The van der Waals surface area contributed by atoms with Crippen molar-refractivity contribution in [2.24, 2.45) is 0 Å². The van der Waals surface area contributed by atoms with Crippen LogP contribution < -0.4 is 10.2 Å². The Hall–Kier alpha value is -1.56. The van der Waals surface area contributed by atoms with E-state index in [4.69, 9.17) is 0 Å². The van der Waals surface area contributed by atoms with Gasteiger partial charge in [0.1, 0.15) is 11.9 Å². The Morgan fingerprint density at radius 3 is 2.39 bits per heavy atom. The second-order valence-electron chi connectivity index (χ2n) is 3.81. The molecule has 4 nitrogen and oxygen atoms in total. The molecule has 0 heterocycles. The fraction of sp³-hybridized carbons (Fsp3) is 0.333. The number of nitrogens with zero attached hydrogens (tertiary/aromatic N) is 1. The smallest absolute Gasteiger partial charge is 0.250 e. The SMILES string of the molecule is CC(=O)NC(CS)C(=O)N(C)c1ccc(F)cc1. The third-order valence-corrected chi connectivity index (χ3v) is 2.77. The maximum atomic E-state index is 12.8. The van der Waals surface area contributed by atoms with Crippen LogP contribution in [0.25, 0.3) is 0 Å².